The molecule has 0 heterocycles. The molecule has 0 aliphatic heterocycles. The van der Waals surface area contributed by atoms with Crippen LogP contribution >= 0.6 is 0 Å². The van der Waals surface area contributed by atoms with Gasteiger partial charge in [0.25, 0.3) is 0 Å². The lowest BCUT2D eigenvalue weighted by molar-refractivity contribution is 0.105. The molecule has 1 aromatic carbocycles. The highest BCUT2D eigenvalue weighted by Gasteiger charge is 2.13. The van der Waals surface area contributed by atoms with Gasteiger partial charge in [0, 0.05) is 0 Å². The molecule has 0 bridgehead atoms. The topological polar surface area (TPSA) is 17.1 Å². The first kappa shape index (κ1) is 10.2. The van der Waals surface area contributed by atoms with Gasteiger partial charge in [0.15, 0.2) is 0 Å². The Morgan fingerprint density at radius 2 is 2.29 bits per heavy atom. The quantitative estimate of drug-likeness (QED) is 0.396. The van der Waals surface area contributed by atoms with Gasteiger partial charge >= 0.3 is 0 Å². The Labute approximate surface area is 82.3 Å². The van der Waals surface area contributed by atoms with Crippen molar-refractivity contribution in [2.45, 2.75) is 6.92 Å². The summed E-state index contributed by atoms with van der Waals surface area (Å²) in [5.74, 6) is 0.640. The first-order valence-corrected chi connectivity index (χ1v) is 4.03. The first-order valence-electron chi connectivity index (χ1n) is 4.03. The molecular formula is C12H9FO. The lowest BCUT2D eigenvalue weighted by atomic mass is 10.0. The number of aryl methyl sites for hydroxylation is 1. The molecule has 0 unspecified atom stereocenters. The Kier molecular flexibility index (Phi) is 2.83. The fourth-order valence-corrected chi connectivity index (χ4v) is 1.24. The minimum absolute atomic E-state index is 0.0758. The predicted molar refractivity (Wildman–Crippen MR) is 54.4 cm³/mol. The predicted octanol–water partition coefficient (Wildman–Crippen LogP) is 2.59. The Balaban J connectivity index is 3.49. The number of carbonyl (C=O) groups excluding carboxylic acids is 1. The summed E-state index contributed by atoms with van der Waals surface area (Å²) in [5, 5.41) is 0. The van der Waals surface area contributed by atoms with E-state index in [9.17, 15) is 9.18 Å². The minimum Gasteiger partial charge on any atom is -0.279 e. The number of halogens is 1. The number of rotatable bonds is 2. The van der Waals surface area contributed by atoms with Gasteiger partial charge in [-0.05, 0) is 30.0 Å². The van der Waals surface area contributed by atoms with Crippen LogP contribution in [0.15, 0.2) is 18.7 Å². The zero-order chi connectivity index (χ0) is 10.7. The molecule has 0 aromatic heterocycles. The van der Waals surface area contributed by atoms with Gasteiger partial charge in [-0.2, -0.15) is 0 Å². The van der Waals surface area contributed by atoms with Crippen molar-refractivity contribution in [2.24, 2.45) is 0 Å². The molecule has 70 valence electrons. The van der Waals surface area contributed by atoms with E-state index in [-0.39, 0.29) is 5.56 Å². The molecule has 0 atom stereocenters. The van der Waals surface area contributed by atoms with E-state index >= 15 is 0 Å². The van der Waals surface area contributed by atoms with E-state index in [1.54, 1.807) is 13.0 Å². The third kappa shape index (κ3) is 1.72. The molecule has 0 aliphatic rings. The monoisotopic (exact) mass is 188 g/mol. The van der Waals surface area contributed by atoms with E-state index in [1.165, 1.54) is 12.1 Å². The van der Waals surface area contributed by atoms with Crippen molar-refractivity contribution >= 4 is 11.9 Å². The van der Waals surface area contributed by atoms with Crippen molar-refractivity contribution in [2.75, 3.05) is 0 Å². The second kappa shape index (κ2) is 3.89. The van der Waals surface area contributed by atoms with E-state index in [4.69, 9.17) is 6.42 Å². The summed E-state index contributed by atoms with van der Waals surface area (Å²) in [6.45, 7) is 5.24. The molecule has 1 rings (SSSR count). The zero-order valence-electron chi connectivity index (χ0n) is 7.80. The van der Waals surface area contributed by atoms with Crippen LogP contribution in [-0.2, 0) is 0 Å². The summed E-state index contributed by atoms with van der Waals surface area (Å²) in [4.78, 5) is 11.2. The van der Waals surface area contributed by atoms with Crippen LogP contribution < -0.4 is 0 Å². The van der Waals surface area contributed by atoms with Gasteiger partial charge in [0.05, 0.1) is 5.56 Å². The molecule has 14 heavy (non-hydrogen) atoms. The number of hydrogen-bond donors (Lipinski definition) is 0. The molecule has 1 nitrogen and oxygen atoms in total. The van der Waals surface area contributed by atoms with Crippen molar-refractivity contribution in [3.8, 4) is 12.3 Å². The maximum atomic E-state index is 13.4. The van der Waals surface area contributed by atoms with Gasteiger partial charge < -0.3 is 0 Å². The van der Waals surface area contributed by atoms with Crippen LogP contribution in [0.1, 0.15) is 21.5 Å². The molecule has 0 amide bonds. The van der Waals surface area contributed by atoms with Gasteiger partial charge in [-0.25, -0.2) is 4.39 Å². The SMILES string of the molecule is C#CC(=O)c1c(F)cc(C)cc1C=C. The highest BCUT2D eigenvalue weighted by molar-refractivity contribution is 6.10. The fourth-order valence-electron chi connectivity index (χ4n) is 1.24. The van der Waals surface area contributed by atoms with E-state index < -0.39 is 11.6 Å². The lowest BCUT2D eigenvalue weighted by Crippen LogP contribution is -2.03. The van der Waals surface area contributed by atoms with E-state index in [0.717, 1.165) is 5.56 Å². The number of terminal acetylenes is 1. The Morgan fingerprint density at radius 1 is 1.64 bits per heavy atom. The largest absolute Gasteiger partial charge is 0.279 e. The summed E-state index contributed by atoms with van der Waals surface area (Å²) in [6.07, 6.45) is 6.35. The van der Waals surface area contributed by atoms with Crippen LogP contribution in [0.2, 0.25) is 0 Å². The van der Waals surface area contributed by atoms with Gasteiger partial charge in [0.2, 0.25) is 5.78 Å². The summed E-state index contributed by atoms with van der Waals surface area (Å²) in [5.41, 5.74) is 1.09. The summed E-state index contributed by atoms with van der Waals surface area (Å²) in [6, 6.07) is 2.94. The third-order valence-electron chi connectivity index (χ3n) is 1.84. The van der Waals surface area contributed by atoms with Crippen molar-refractivity contribution in [3.63, 3.8) is 0 Å². The normalized spacial score (nSPS) is 9.21. The summed E-state index contributed by atoms with van der Waals surface area (Å²) < 4.78 is 13.4. The van der Waals surface area contributed by atoms with Crippen molar-refractivity contribution in [1.82, 2.24) is 0 Å². The number of carbonyl (C=O) groups is 1. The van der Waals surface area contributed by atoms with Crippen molar-refractivity contribution < 1.29 is 9.18 Å². The van der Waals surface area contributed by atoms with Crippen molar-refractivity contribution in [1.29, 1.82) is 0 Å². The molecule has 0 saturated heterocycles. The molecule has 0 aliphatic carbocycles. The zero-order valence-corrected chi connectivity index (χ0v) is 7.80. The van der Waals surface area contributed by atoms with Crippen LogP contribution in [0.25, 0.3) is 6.08 Å². The maximum absolute atomic E-state index is 13.4. The summed E-state index contributed by atoms with van der Waals surface area (Å²) in [7, 11) is 0. The number of hydrogen-bond acceptors (Lipinski definition) is 1. The highest BCUT2D eigenvalue weighted by Crippen LogP contribution is 2.17. The standard InChI is InChI=1S/C12H9FO/c1-4-9-6-8(3)7-10(13)12(9)11(14)5-2/h2,4,6-7H,1H2,3H3. The molecule has 0 fully saturated rings. The van der Waals surface area contributed by atoms with E-state index in [0.29, 0.717) is 5.56 Å². The Hall–Kier alpha value is -1.88. The number of ketones is 1. The highest BCUT2D eigenvalue weighted by atomic mass is 19.1. The van der Waals surface area contributed by atoms with Gasteiger partial charge in [0.1, 0.15) is 5.82 Å². The molecule has 0 radical (unpaired) electrons. The molecule has 0 spiro atoms. The Bertz CT molecular complexity index is 438. The number of Topliss-reactive ketones (excluding diaryl/α,β-unsaturated/α-hetero) is 1. The third-order valence-corrected chi connectivity index (χ3v) is 1.84. The van der Waals surface area contributed by atoms with Gasteiger partial charge in [-0.15, -0.1) is 6.42 Å². The second-order valence-electron chi connectivity index (χ2n) is 2.89. The molecule has 1 aromatic rings. The second-order valence-corrected chi connectivity index (χ2v) is 2.89. The molecule has 2 heteroatoms. The molecule has 0 N–H and O–H groups in total. The maximum Gasteiger partial charge on any atom is 0.239 e. The van der Waals surface area contributed by atoms with E-state index in [2.05, 4.69) is 6.58 Å². The van der Waals surface area contributed by atoms with Crippen LogP contribution in [-0.4, -0.2) is 5.78 Å². The lowest BCUT2D eigenvalue weighted by Gasteiger charge is -2.04. The first-order chi connectivity index (χ1) is 6.60. The number of benzene rings is 1. The average Bonchev–Trinajstić information content (AvgIpc) is 2.15. The van der Waals surface area contributed by atoms with Crippen molar-refractivity contribution in [3.05, 3.63) is 41.2 Å². The molecule has 0 saturated carbocycles. The summed E-state index contributed by atoms with van der Waals surface area (Å²) >= 11 is 0. The van der Waals surface area contributed by atoms with E-state index in [1.807, 2.05) is 5.92 Å². The van der Waals surface area contributed by atoms with Gasteiger partial charge in [-0.1, -0.05) is 18.7 Å². The van der Waals surface area contributed by atoms with Crippen LogP contribution in [0.3, 0.4) is 0 Å². The minimum atomic E-state index is -0.655. The van der Waals surface area contributed by atoms with Crippen LogP contribution in [0.4, 0.5) is 4.39 Å². The molecular weight excluding hydrogens is 179 g/mol. The average molecular weight is 188 g/mol. The fraction of sp³-hybridized carbons (Fsp3) is 0.0833. The van der Waals surface area contributed by atoms with Crippen LogP contribution in [0.5, 0.6) is 0 Å². The van der Waals surface area contributed by atoms with Gasteiger partial charge in [-0.3, -0.25) is 4.79 Å². The van der Waals surface area contributed by atoms with Crippen LogP contribution in [0, 0.1) is 25.1 Å². The smallest absolute Gasteiger partial charge is 0.239 e. The Morgan fingerprint density at radius 3 is 2.79 bits per heavy atom.